The van der Waals surface area contributed by atoms with Crippen molar-refractivity contribution in [1.29, 1.82) is 5.26 Å². The minimum absolute atomic E-state index is 0. The average molecular weight is 997 g/mol. The van der Waals surface area contributed by atoms with E-state index in [1.165, 1.54) is 0 Å². The second-order valence-corrected chi connectivity index (χ2v) is 14.6. The molecule has 11 heteroatoms. The largest absolute Gasteiger partial charge is 2.00 e. The molecule has 0 bridgehead atoms. The van der Waals surface area contributed by atoms with Crippen molar-refractivity contribution >= 4 is 32.3 Å². The van der Waals surface area contributed by atoms with Crippen LogP contribution in [0.2, 0.25) is 0 Å². The van der Waals surface area contributed by atoms with Crippen molar-refractivity contribution in [3.63, 3.8) is 0 Å². The number of rotatable bonds is 6. The first-order valence-corrected chi connectivity index (χ1v) is 20.2. The molecule has 0 aliphatic carbocycles. The Morgan fingerprint density at radius 3 is 1.36 bits per heavy atom. The number of nitrogens with zero attached hydrogens (tertiary/aromatic N) is 8. The fraction of sp³-hybridized carbons (Fsp3) is 0.125. The first kappa shape index (κ1) is 31.1. The summed E-state index contributed by atoms with van der Waals surface area (Å²) in [7, 11) is -4.28. The molecule has 8 rings (SSSR count). The zero-order chi connectivity index (χ0) is 51.3. The third kappa shape index (κ3) is 13.6. The van der Waals surface area contributed by atoms with Gasteiger partial charge in [0.15, 0.2) is 0 Å². The van der Waals surface area contributed by atoms with Crippen molar-refractivity contribution in [2.75, 3.05) is 26.4 Å². The molecule has 0 fully saturated rings. The van der Waals surface area contributed by atoms with Crippen LogP contribution in [0.4, 0.5) is 5.82 Å². The molecule has 0 aliphatic rings. The Morgan fingerprint density at radius 2 is 1.00 bits per heavy atom. The van der Waals surface area contributed by atoms with Gasteiger partial charge < -0.3 is 20.1 Å². The van der Waals surface area contributed by atoms with Crippen LogP contribution in [-0.2, 0) is 19.8 Å². The SMILES string of the molecule is Cc1cc(-c2cc(C#N)n[n-]2)ncc1-c1ccccc1.[2H]C([2H])([2H])P(c1ccccc1)C([2H])([2H])[2H].[2H]C([2H])([2H])P(c1ccccc1)C([2H])([2H])[2H].[C-]#[N+]c1cc(-c2cc(C)c(-c3ccccc3)cn2)[n-]n1.[Os+2]. The third-order valence-corrected chi connectivity index (χ3v) is 9.87. The quantitative estimate of drug-likeness (QED) is 0.121. The topological polar surface area (TPSA) is 108 Å². The summed E-state index contributed by atoms with van der Waals surface area (Å²) >= 11 is 0. The molecule has 0 N–H and O–H groups in total. The van der Waals surface area contributed by atoms with Crippen LogP contribution in [0.15, 0.2) is 158 Å². The van der Waals surface area contributed by atoms with Gasteiger partial charge in [-0.2, -0.15) is 5.26 Å². The van der Waals surface area contributed by atoms with E-state index in [2.05, 4.69) is 59.5 Å². The predicted molar refractivity (Wildman–Crippen MR) is 243 cm³/mol. The Hall–Kier alpha value is -5.92. The van der Waals surface area contributed by atoms with Gasteiger partial charge in [-0.25, -0.2) is 5.10 Å². The van der Waals surface area contributed by atoms with Crippen LogP contribution in [0.3, 0.4) is 0 Å². The van der Waals surface area contributed by atoms with E-state index >= 15 is 0 Å². The number of aryl methyl sites for hydroxylation is 2. The second kappa shape index (κ2) is 23.5. The van der Waals surface area contributed by atoms with Crippen molar-refractivity contribution in [1.82, 2.24) is 30.4 Å². The second-order valence-electron chi connectivity index (χ2n) is 12.3. The van der Waals surface area contributed by atoms with Gasteiger partial charge in [0, 0.05) is 51.4 Å². The molecule has 0 spiro atoms. The van der Waals surface area contributed by atoms with Crippen LogP contribution in [0.25, 0.3) is 49.9 Å². The molecule has 59 heavy (non-hydrogen) atoms. The molecule has 8 nitrogen and oxygen atoms in total. The molecule has 4 aromatic carbocycles. The van der Waals surface area contributed by atoms with Crippen LogP contribution in [0.1, 0.15) is 33.3 Å². The molecule has 0 radical (unpaired) electrons. The Bertz CT molecular complexity index is 2780. The van der Waals surface area contributed by atoms with E-state index in [1.807, 2.05) is 80.8 Å². The molecule has 0 amide bonds. The molecule has 294 valence electrons. The maximum atomic E-state index is 8.77. The zero-order valence-electron chi connectivity index (χ0n) is 43.8. The number of benzene rings is 4. The number of hydrogen-bond donors (Lipinski definition) is 0. The van der Waals surface area contributed by atoms with Crippen LogP contribution >= 0.6 is 15.8 Å². The van der Waals surface area contributed by atoms with E-state index in [1.54, 1.807) is 72.8 Å². The first-order chi connectivity index (χ1) is 33.0. The van der Waals surface area contributed by atoms with Gasteiger partial charge in [-0.05, 0) is 97.3 Å². The van der Waals surface area contributed by atoms with E-state index in [0.717, 1.165) is 44.8 Å². The molecule has 8 aromatic rings. The smallest absolute Gasteiger partial charge is 0.573 e. The van der Waals surface area contributed by atoms with Crippen LogP contribution in [-0.4, -0.2) is 46.5 Å². The Labute approximate surface area is 380 Å². The predicted octanol–water partition coefficient (Wildman–Crippen LogP) is 10.7. The number of pyridine rings is 2. The van der Waals surface area contributed by atoms with Crippen LogP contribution in [0.5, 0.6) is 0 Å². The van der Waals surface area contributed by atoms with Gasteiger partial charge in [0.25, 0.3) is 5.82 Å². The average Bonchev–Trinajstić information content (AvgIpc) is 4.00. The fourth-order valence-electron chi connectivity index (χ4n) is 5.33. The fourth-order valence-corrected chi connectivity index (χ4v) is 6.27. The number of aromatic nitrogens is 6. The Kier molecular flexibility index (Phi) is 12.4. The number of hydrogen-bond acceptors (Lipinski definition) is 5. The summed E-state index contributed by atoms with van der Waals surface area (Å²) in [6.45, 7) is 1.22. The summed E-state index contributed by atoms with van der Waals surface area (Å²) in [6, 6.07) is 45.8. The van der Waals surface area contributed by atoms with Gasteiger partial charge in [0.1, 0.15) is 11.8 Å². The molecule has 0 saturated carbocycles. The molecule has 4 heterocycles. The van der Waals surface area contributed by atoms with E-state index in [9.17, 15) is 0 Å². The maximum Gasteiger partial charge on any atom is 2.00 e. The van der Waals surface area contributed by atoms with E-state index in [-0.39, 0.29) is 19.8 Å². The monoisotopic (exact) mass is 998 g/mol. The third-order valence-electron chi connectivity index (χ3n) is 8.24. The van der Waals surface area contributed by atoms with Crippen LogP contribution < -0.4 is 20.8 Å². The van der Waals surface area contributed by atoms with Crippen molar-refractivity contribution < 1.29 is 36.2 Å². The van der Waals surface area contributed by atoms with Crippen LogP contribution in [0, 0.1) is 31.8 Å². The molecule has 0 aliphatic heterocycles. The summed E-state index contributed by atoms with van der Waals surface area (Å²) in [5, 5.41) is 25.1. The summed E-state index contributed by atoms with van der Waals surface area (Å²) in [5.74, 6) is 0.298. The molecule has 0 saturated heterocycles. The van der Waals surface area contributed by atoms with Gasteiger partial charge >= 0.3 is 19.8 Å². The first-order valence-electron chi connectivity index (χ1n) is 23.5. The summed E-state index contributed by atoms with van der Waals surface area (Å²) < 4.78 is 87.4. The number of nitriles is 1. The minimum atomic E-state index is -2.44. The molecular weight excluding hydrogens is 941 g/mol. The molecular formula is C48H44N8OsP2. The van der Waals surface area contributed by atoms with Crippen molar-refractivity contribution in [3.8, 4) is 51.1 Å². The van der Waals surface area contributed by atoms with Crippen molar-refractivity contribution in [2.45, 2.75) is 13.8 Å². The Balaban J connectivity index is 0.000000207. The molecule has 0 atom stereocenters. The van der Waals surface area contributed by atoms with Gasteiger partial charge in [-0.3, -0.25) is 9.97 Å². The maximum absolute atomic E-state index is 8.77. The van der Waals surface area contributed by atoms with Gasteiger partial charge in [0.2, 0.25) is 0 Å². The summed E-state index contributed by atoms with van der Waals surface area (Å²) in [6.07, 6.45) is 3.67. The molecule has 0 unspecified atom stereocenters. The van der Waals surface area contributed by atoms with Gasteiger partial charge in [0.05, 0.1) is 0 Å². The van der Waals surface area contributed by atoms with Gasteiger partial charge in [-0.15, -0.1) is 0 Å². The van der Waals surface area contributed by atoms with Crippen molar-refractivity contribution in [2.24, 2.45) is 0 Å². The van der Waals surface area contributed by atoms with Crippen molar-refractivity contribution in [3.05, 3.63) is 186 Å². The summed E-state index contributed by atoms with van der Waals surface area (Å²) in [4.78, 5) is 12.1. The van der Waals surface area contributed by atoms with E-state index in [0.29, 0.717) is 33.5 Å². The van der Waals surface area contributed by atoms with E-state index in [4.69, 9.17) is 28.3 Å². The summed E-state index contributed by atoms with van der Waals surface area (Å²) in [5.41, 5.74) is 9.75. The minimum Gasteiger partial charge on any atom is -0.573 e. The zero-order valence-corrected chi connectivity index (χ0v) is 36.2. The van der Waals surface area contributed by atoms with Gasteiger partial charge in [-0.1, -0.05) is 155 Å². The molecule has 4 aromatic heterocycles. The van der Waals surface area contributed by atoms with E-state index < -0.39 is 42.2 Å². The standard InChI is InChI=1S/2C16H11N4.2C8H11P.Os/c1-11-8-14(15-9-16(17-2)20-19-15)18-10-13(11)12-6-4-3-5-7-12;1-11-7-15(16-8-13(9-17)19-20-16)18-10-14(11)12-5-3-2-4-6-12;2*1-9(2)8-6-4-3-5-7-8;/h3-10H,1H3;2-8,10H,1H3;2*3-7H,1-2H3;/q2*-1;;;+2/i;;2*1D3,2D3;. The normalized spacial score (nSPS) is 13.9. The Morgan fingerprint density at radius 1 is 0.593 bits per heavy atom.